The second kappa shape index (κ2) is 9.41. The SMILES string of the molecule is O=C(COc1cccc(F)c1)OCC(=O)N1CCN(c2ccccc2Cl)CC1. The Balaban J connectivity index is 1.39. The molecule has 1 saturated heterocycles. The fourth-order valence-electron chi connectivity index (χ4n) is 2.88. The Labute approximate surface area is 167 Å². The van der Waals surface area contributed by atoms with Gasteiger partial charge in [0.05, 0.1) is 10.7 Å². The van der Waals surface area contributed by atoms with E-state index in [0.29, 0.717) is 31.2 Å². The van der Waals surface area contributed by atoms with Gasteiger partial charge in [-0.2, -0.15) is 0 Å². The van der Waals surface area contributed by atoms with Crippen LogP contribution in [-0.2, 0) is 14.3 Å². The number of nitrogens with zero attached hydrogens (tertiary/aromatic N) is 2. The number of hydrogen-bond acceptors (Lipinski definition) is 5. The number of carbonyl (C=O) groups is 2. The van der Waals surface area contributed by atoms with E-state index in [1.165, 1.54) is 18.2 Å². The zero-order chi connectivity index (χ0) is 19.9. The van der Waals surface area contributed by atoms with Gasteiger partial charge in [-0.15, -0.1) is 0 Å². The molecule has 2 aromatic rings. The van der Waals surface area contributed by atoms with Crippen molar-refractivity contribution in [3.8, 4) is 5.75 Å². The second-order valence-corrected chi connectivity index (χ2v) is 6.63. The molecule has 148 valence electrons. The first-order valence-corrected chi connectivity index (χ1v) is 9.22. The zero-order valence-electron chi connectivity index (χ0n) is 15.1. The van der Waals surface area contributed by atoms with Crippen molar-refractivity contribution in [2.24, 2.45) is 0 Å². The highest BCUT2D eigenvalue weighted by molar-refractivity contribution is 6.33. The maximum absolute atomic E-state index is 13.1. The van der Waals surface area contributed by atoms with Crippen LogP contribution >= 0.6 is 11.6 Å². The molecule has 1 aliphatic rings. The minimum atomic E-state index is -0.688. The minimum Gasteiger partial charge on any atom is -0.482 e. The maximum atomic E-state index is 13.1. The number of amides is 1. The number of esters is 1. The Morgan fingerprint density at radius 2 is 1.75 bits per heavy atom. The Kier molecular flexibility index (Phi) is 6.71. The smallest absolute Gasteiger partial charge is 0.344 e. The summed E-state index contributed by atoms with van der Waals surface area (Å²) in [4.78, 5) is 27.7. The summed E-state index contributed by atoms with van der Waals surface area (Å²) in [7, 11) is 0. The molecule has 0 N–H and O–H groups in total. The lowest BCUT2D eigenvalue weighted by Crippen LogP contribution is -2.50. The van der Waals surface area contributed by atoms with Crippen molar-refractivity contribution in [2.75, 3.05) is 44.3 Å². The summed E-state index contributed by atoms with van der Waals surface area (Å²) < 4.78 is 23.2. The van der Waals surface area contributed by atoms with Crippen molar-refractivity contribution >= 4 is 29.2 Å². The molecule has 0 aromatic heterocycles. The van der Waals surface area contributed by atoms with Gasteiger partial charge in [-0.25, -0.2) is 9.18 Å². The Morgan fingerprint density at radius 3 is 2.46 bits per heavy atom. The lowest BCUT2D eigenvalue weighted by Gasteiger charge is -2.36. The summed E-state index contributed by atoms with van der Waals surface area (Å²) >= 11 is 6.21. The fourth-order valence-corrected chi connectivity index (χ4v) is 3.13. The number of para-hydroxylation sites is 1. The van der Waals surface area contributed by atoms with Gasteiger partial charge in [0.2, 0.25) is 0 Å². The van der Waals surface area contributed by atoms with Gasteiger partial charge >= 0.3 is 5.97 Å². The molecule has 8 heteroatoms. The number of carbonyl (C=O) groups excluding carboxylic acids is 2. The van der Waals surface area contributed by atoms with Crippen LogP contribution in [-0.4, -0.2) is 56.2 Å². The van der Waals surface area contributed by atoms with Gasteiger partial charge in [0.1, 0.15) is 11.6 Å². The van der Waals surface area contributed by atoms with Gasteiger partial charge in [0.15, 0.2) is 13.2 Å². The molecule has 3 rings (SSSR count). The van der Waals surface area contributed by atoms with E-state index in [0.717, 1.165) is 11.8 Å². The summed E-state index contributed by atoms with van der Waals surface area (Å²) in [6, 6.07) is 13.0. The van der Waals surface area contributed by atoms with Gasteiger partial charge in [-0.05, 0) is 24.3 Å². The fraction of sp³-hybridized carbons (Fsp3) is 0.300. The van der Waals surface area contributed by atoms with Gasteiger partial charge in [-0.1, -0.05) is 29.8 Å². The van der Waals surface area contributed by atoms with Crippen LogP contribution in [0.15, 0.2) is 48.5 Å². The van der Waals surface area contributed by atoms with Crippen molar-refractivity contribution < 1.29 is 23.5 Å². The van der Waals surface area contributed by atoms with Crippen LogP contribution in [0.5, 0.6) is 5.75 Å². The summed E-state index contributed by atoms with van der Waals surface area (Å²) in [6.07, 6.45) is 0. The molecule has 2 aromatic carbocycles. The first-order chi connectivity index (χ1) is 13.5. The standard InChI is InChI=1S/C20H20ClFN2O4/c21-17-6-1-2-7-18(17)23-8-10-24(11-9-23)19(25)13-28-20(26)14-27-16-5-3-4-15(22)12-16/h1-7,12H,8-11,13-14H2. The van der Waals surface area contributed by atoms with E-state index in [2.05, 4.69) is 4.90 Å². The normalized spacial score (nSPS) is 13.9. The van der Waals surface area contributed by atoms with Crippen LogP contribution < -0.4 is 9.64 Å². The van der Waals surface area contributed by atoms with Gasteiger partial charge < -0.3 is 19.3 Å². The van der Waals surface area contributed by atoms with E-state index in [1.807, 2.05) is 24.3 Å². The average molecular weight is 407 g/mol. The van der Waals surface area contributed by atoms with Crippen LogP contribution in [0, 0.1) is 5.82 Å². The number of rotatable bonds is 6. The molecule has 0 aliphatic carbocycles. The van der Waals surface area contributed by atoms with Gasteiger partial charge in [-0.3, -0.25) is 4.79 Å². The topological polar surface area (TPSA) is 59.1 Å². The van der Waals surface area contributed by atoms with E-state index in [4.69, 9.17) is 21.1 Å². The highest BCUT2D eigenvalue weighted by Gasteiger charge is 2.23. The minimum absolute atomic E-state index is 0.221. The molecule has 6 nitrogen and oxygen atoms in total. The van der Waals surface area contributed by atoms with E-state index >= 15 is 0 Å². The molecule has 0 unspecified atom stereocenters. The summed E-state index contributed by atoms with van der Waals surface area (Å²) in [5.41, 5.74) is 0.942. The molecule has 1 amide bonds. The molecule has 1 fully saturated rings. The van der Waals surface area contributed by atoms with Gasteiger partial charge in [0, 0.05) is 32.2 Å². The van der Waals surface area contributed by atoms with Crippen molar-refractivity contribution in [1.82, 2.24) is 4.90 Å². The number of anilines is 1. The quantitative estimate of drug-likeness (QED) is 0.690. The largest absolute Gasteiger partial charge is 0.482 e. The van der Waals surface area contributed by atoms with Crippen molar-refractivity contribution in [3.63, 3.8) is 0 Å². The Morgan fingerprint density at radius 1 is 1.00 bits per heavy atom. The van der Waals surface area contributed by atoms with E-state index in [1.54, 1.807) is 4.90 Å². The van der Waals surface area contributed by atoms with Crippen LogP contribution in [0.1, 0.15) is 0 Å². The third-order valence-corrected chi connectivity index (χ3v) is 4.65. The molecule has 0 radical (unpaired) electrons. The second-order valence-electron chi connectivity index (χ2n) is 6.23. The first kappa shape index (κ1) is 19.9. The summed E-state index contributed by atoms with van der Waals surface area (Å²) in [5.74, 6) is -1.19. The first-order valence-electron chi connectivity index (χ1n) is 8.84. The number of ether oxygens (including phenoxy) is 2. The maximum Gasteiger partial charge on any atom is 0.344 e. The van der Waals surface area contributed by atoms with Crippen LogP contribution in [0.3, 0.4) is 0 Å². The van der Waals surface area contributed by atoms with E-state index < -0.39 is 18.4 Å². The molecular formula is C20H20ClFN2O4. The number of hydrogen-bond donors (Lipinski definition) is 0. The van der Waals surface area contributed by atoms with Crippen LogP contribution in [0.2, 0.25) is 5.02 Å². The highest BCUT2D eigenvalue weighted by Crippen LogP contribution is 2.26. The van der Waals surface area contributed by atoms with Gasteiger partial charge in [0.25, 0.3) is 5.91 Å². The predicted molar refractivity (Wildman–Crippen MR) is 103 cm³/mol. The van der Waals surface area contributed by atoms with Crippen molar-refractivity contribution in [1.29, 1.82) is 0 Å². The Hall–Kier alpha value is -2.80. The Bertz CT molecular complexity index is 840. The molecule has 0 bridgehead atoms. The molecule has 0 atom stereocenters. The third kappa shape index (κ3) is 5.36. The zero-order valence-corrected chi connectivity index (χ0v) is 15.9. The van der Waals surface area contributed by atoms with Crippen LogP contribution in [0.25, 0.3) is 0 Å². The van der Waals surface area contributed by atoms with Crippen LogP contribution in [0.4, 0.5) is 10.1 Å². The highest BCUT2D eigenvalue weighted by atomic mass is 35.5. The van der Waals surface area contributed by atoms with Crippen molar-refractivity contribution in [2.45, 2.75) is 0 Å². The molecule has 0 spiro atoms. The third-order valence-electron chi connectivity index (χ3n) is 4.33. The van der Waals surface area contributed by atoms with E-state index in [9.17, 15) is 14.0 Å². The summed E-state index contributed by atoms with van der Waals surface area (Å²) in [6.45, 7) is 1.58. The molecule has 1 aliphatic heterocycles. The molecule has 28 heavy (non-hydrogen) atoms. The predicted octanol–water partition coefficient (Wildman–Crippen LogP) is 2.75. The van der Waals surface area contributed by atoms with E-state index in [-0.39, 0.29) is 18.3 Å². The summed E-state index contributed by atoms with van der Waals surface area (Å²) in [5, 5.41) is 0.675. The molecule has 1 heterocycles. The molecule has 0 saturated carbocycles. The molecular weight excluding hydrogens is 387 g/mol. The lowest BCUT2D eigenvalue weighted by molar-refractivity contribution is -0.153. The average Bonchev–Trinajstić information content (AvgIpc) is 2.71. The number of piperazine rings is 1. The monoisotopic (exact) mass is 406 g/mol. The lowest BCUT2D eigenvalue weighted by atomic mass is 10.2. The number of halogens is 2. The van der Waals surface area contributed by atoms with Crippen molar-refractivity contribution in [3.05, 3.63) is 59.4 Å². The number of benzene rings is 2.